The van der Waals surface area contributed by atoms with E-state index in [9.17, 15) is 13.2 Å². The maximum absolute atomic E-state index is 13.7. The molecule has 0 radical (unpaired) electrons. The van der Waals surface area contributed by atoms with Crippen molar-refractivity contribution in [2.45, 2.75) is 45.1 Å². The van der Waals surface area contributed by atoms with Gasteiger partial charge in [0.05, 0.1) is 27.5 Å². The zero-order valence-electron chi connectivity index (χ0n) is 23.1. The summed E-state index contributed by atoms with van der Waals surface area (Å²) in [4.78, 5) is 18.7. The second-order valence-electron chi connectivity index (χ2n) is 11.3. The van der Waals surface area contributed by atoms with Crippen molar-refractivity contribution in [1.82, 2.24) is 14.3 Å². The molecule has 0 aliphatic carbocycles. The first kappa shape index (κ1) is 27.5. The highest BCUT2D eigenvalue weighted by atomic mass is 32.2. The van der Waals surface area contributed by atoms with E-state index in [-0.39, 0.29) is 15.9 Å². The summed E-state index contributed by atoms with van der Waals surface area (Å²) in [5.41, 5.74) is 4.10. The SMILES string of the molecule is CC(NS(=O)(=O)c1ccc(CC(C)(C)C)cc1)c1nc2ccccc2c(=O)n1-c1ccc(-c2ccccc2)cc1. The molecule has 0 aliphatic heterocycles. The Balaban J connectivity index is 1.53. The Morgan fingerprint density at radius 3 is 2.05 bits per heavy atom. The van der Waals surface area contributed by atoms with E-state index in [0.717, 1.165) is 23.1 Å². The number of benzene rings is 4. The topological polar surface area (TPSA) is 81.1 Å². The number of fused-ring (bicyclic) bond motifs is 1. The zero-order chi connectivity index (χ0) is 28.5. The van der Waals surface area contributed by atoms with Crippen LogP contribution < -0.4 is 10.3 Å². The van der Waals surface area contributed by atoms with Gasteiger partial charge >= 0.3 is 0 Å². The number of nitrogens with one attached hydrogen (secondary N) is 1. The van der Waals surface area contributed by atoms with Gasteiger partial charge < -0.3 is 0 Å². The zero-order valence-corrected chi connectivity index (χ0v) is 23.9. The molecule has 204 valence electrons. The van der Waals surface area contributed by atoms with Crippen molar-refractivity contribution in [2.75, 3.05) is 0 Å². The van der Waals surface area contributed by atoms with Gasteiger partial charge in [0.2, 0.25) is 10.0 Å². The first-order valence-corrected chi connectivity index (χ1v) is 14.8. The fraction of sp³-hybridized carbons (Fsp3) is 0.212. The van der Waals surface area contributed by atoms with Crippen molar-refractivity contribution < 1.29 is 8.42 Å². The van der Waals surface area contributed by atoms with E-state index < -0.39 is 16.1 Å². The second-order valence-corrected chi connectivity index (χ2v) is 13.0. The molecule has 0 aliphatic rings. The Morgan fingerprint density at radius 2 is 1.40 bits per heavy atom. The van der Waals surface area contributed by atoms with Crippen LogP contribution in [0.3, 0.4) is 0 Å². The summed E-state index contributed by atoms with van der Waals surface area (Å²) < 4.78 is 31.0. The average Bonchev–Trinajstić information content (AvgIpc) is 2.93. The van der Waals surface area contributed by atoms with Crippen LogP contribution >= 0.6 is 0 Å². The minimum Gasteiger partial charge on any atom is -0.268 e. The molecule has 7 heteroatoms. The maximum atomic E-state index is 13.7. The lowest BCUT2D eigenvalue weighted by atomic mass is 9.88. The van der Waals surface area contributed by atoms with E-state index in [0.29, 0.717) is 22.4 Å². The Bertz CT molecular complexity index is 1800. The fourth-order valence-corrected chi connectivity index (χ4v) is 6.08. The summed E-state index contributed by atoms with van der Waals surface area (Å²) in [6, 6.07) is 30.8. The fourth-order valence-electron chi connectivity index (χ4n) is 4.88. The van der Waals surface area contributed by atoms with E-state index >= 15 is 0 Å². The molecule has 0 bridgehead atoms. The molecular formula is C33H33N3O3S. The molecule has 1 aromatic heterocycles. The lowest BCUT2D eigenvalue weighted by Crippen LogP contribution is -2.33. The van der Waals surface area contributed by atoms with E-state index in [1.54, 1.807) is 37.3 Å². The van der Waals surface area contributed by atoms with E-state index in [4.69, 9.17) is 4.98 Å². The molecule has 0 amide bonds. The minimum absolute atomic E-state index is 0.0951. The largest absolute Gasteiger partial charge is 0.268 e. The first-order valence-electron chi connectivity index (χ1n) is 13.3. The molecule has 0 saturated carbocycles. The van der Waals surface area contributed by atoms with Crippen LogP contribution in [0.15, 0.2) is 113 Å². The summed E-state index contributed by atoms with van der Waals surface area (Å²) in [5, 5.41) is 0.461. The predicted octanol–water partition coefficient (Wildman–Crippen LogP) is 6.68. The highest BCUT2D eigenvalue weighted by molar-refractivity contribution is 7.89. The highest BCUT2D eigenvalue weighted by Crippen LogP contribution is 2.25. The third-order valence-corrected chi connectivity index (χ3v) is 8.28. The van der Waals surface area contributed by atoms with Crippen LogP contribution in [0.1, 0.15) is 45.1 Å². The van der Waals surface area contributed by atoms with Gasteiger partial charge in [0.15, 0.2) is 0 Å². The van der Waals surface area contributed by atoms with E-state index in [2.05, 4.69) is 25.5 Å². The summed E-state index contributed by atoms with van der Waals surface area (Å²) >= 11 is 0. The standard InChI is InChI=1S/C33H33N3O3S/c1-23(35-40(38,39)28-20-14-24(15-21-28)22-33(2,3)4)31-34-30-13-9-8-12-29(30)32(37)36(31)27-18-16-26(17-19-27)25-10-6-5-7-11-25/h5-21,23,35H,22H2,1-4H3. The number of hydrogen-bond acceptors (Lipinski definition) is 4. The Hall–Kier alpha value is -4.07. The molecule has 0 spiro atoms. The molecule has 0 fully saturated rings. The molecule has 6 nitrogen and oxygen atoms in total. The van der Waals surface area contributed by atoms with Gasteiger partial charge in [-0.1, -0.05) is 87.5 Å². The van der Waals surface area contributed by atoms with Crippen LogP contribution in [-0.4, -0.2) is 18.0 Å². The number of nitrogens with zero attached hydrogens (tertiary/aromatic N) is 2. The molecule has 1 heterocycles. The lowest BCUT2D eigenvalue weighted by Gasteiger charge is -2.20. The molecule has 5 aromatic rings. The molecule has 1 N–H and O–H groups in total. The van der Waals surface area contributed by atoms with Crippen molar-refractivity contribution in [3.05, 3.63) is 125 Å². The Labute approximate surface area is 235 Å². The van der Waals surface area contributed by atoms with Crippen LogP contribution in [0.4, 0.5) is 0 Å². The van der Waals surface area contributed by atoms with Crippen LogP contribution in [0, 0.1) is 5.41 Å². The van der Waals surface area contributed by atoms with Crippen molar-refractivity contribution in [3.63, 3.8) is 0 Å². The summed E-state index contributed by atoms with van der Waals surface area (Å²) in [5.74, 6) is 0.309. The Morgan fingerprint density at radius 1 is 0.800 bits per heavy atom. The third-order valence-electron chi connectivity index (χ3n) is 6.72. The number of hydrogen-bond donors (Lipinski definition) is 1. The van der Waals surface area contributed by atoms with E-state index in [1.165, 1.54) is 4.57 Å². The van der Waals surface area contributed by atoms with E-state index in [1.807, 2.05) is 72.8 Å². The van der Waals surface area contributed by atoms with Crippen molar-refractivity contribution >= 4 is 20.9 Å². The van der Waals surface area contributed by atoms with Crippen molar-refractivity contribution in [2.24, 2.45) is 5.41 Å². The number of sulfonamides is 1. The highest BCUT2D eigenvalue weighted by Gasteiger charge is 2.24. The van der Waals surface area contributed by atoms with Gasteiger partial charge in [-0.3, -0.25) is 9.36 Å². The third kappa shape index (κ3) is 5.91. The van der Waals surface area contributed by atoms with Crippen LogP contribution in [0.25, 0.3) is 27.7 Å². The first-order chi connectivity index (χ1) is 19.0. The van der Waals surface area contributed by atoms with Crippen LogP contribution in [0.2, 0.25) is 0 Å². The van der Waals surface area contributed by atoms with Gasteiger partial charge in [-0.25, -0.2) is 18.1 Å². The molecule has 40 heavy (non-hydrogen) atoms. The minimum atomic E-state index is -3.88. The molecule has 1 atom stereocenters. The predicted molar refractivity (Wildman–Crippen MR) is 161 cm³/mol. The molecular weight excluding hydrogens is 518 g/mol. The number of para-hydroxylation sites is 1. The van der Waals surface area contributed by atoms with Crippen LogP contribution in [0.5, 0.6) is 0 Å². The quantitative estimate of drug-likeness (QED) is 0.245. The summed E-state index contributed by atoms with van der Waals surface area (Å²) in [6.07, 6.45) is 0.841. The number of aromatic nitrogens is 2. The summed E-state index contributed by atoms with van der Waals surface area (Å²) in [6.45, 7) is 8.14. The van der Waals surface area contributed by atoms with Gasteiger partial charge in [-0.15, -0.1) is 0 Å². The molecule has 0 saturated heterocycles. The van der Waals surface area contributed by atoms with Crippen molar-refractivity contribution in [3.8, 4) is 16.8 Å². The van der Waals surface area contributed by atoms with Crippen LogP contribution in [-0.2, 0) is 16.4 Å². The lowest BCUT2D eigenvalue weighted by molar-refractivity contribution is 0.411. The Kier molecular flexibility index (Phi) is 7.45. The maximum Gasteiger partial charge on any atom is 0.266 e. The molecule has 1 unspecified atom stereocenters. The second kappa shape index (κ2) is 10.8. The van der Waals surface area contributed by atoms with Gasteiger partial charge in [0, 0.05) is 0 Å². The monoisotopic (exact) mass is 551 g/mol. The van der Waals surface area contributed by atoms with Gasteiger partial charge in [-0.2, -0.15) is 0 Å². The smallest absolute Gasteiger partial charge is 0.266 e. The average molecular weight is 552 g/mol. The van der Waals surface area contributed by atoms with Gasteiger partial charge in [0.25, 0.3) is 5.56 Å². The van der Waals surface area contributed by atoms with Gasteiger partial charge in [-0.05, 0) is 71.8 Å². The van der Waals surface area contributed by atoms with Gasteiger partial charge in [0.1, 0.15) is 5.82 Å². The molecule has 5 rings (SSSR count). The normalized spacial score (nSPS) is 12.9. The number of rotatable bonds is 7. The molecule has 4 aromatic carbocycles. The summed E-state index contributed by atoms with van der Waals surface area (Å²) in [7, 11) is -3.88. The van der Waals surface area contributed by atoms with Crippen molar-refractivity contribution in [1.29, 1.82) is 0 Å².